The molecule has 0 aliphatic rings. The van der Waals surface area contributed by atoms with Gasteiger partial charge in [-0.3, -0.25) is 0 Å². The average molecular weight is 196 g/mol. The van der Waals surface area contributed by atoms with Gasteiger partial charge in [0, 0.05) is 17.5 Å². The van der Waals surface area contributed by atoms with Crippen molar-refractivity contribution in [1.82, 2.24) is 4.98 Å². The molecule has 1 aromatic heterocycles. The van der Waals surface area contributed by atoms with Gasteiger partial charge < -0.3 is 5.73 Å². The Balaban J connectivity index is 2.79. The van der Waals surface area contributed by atoms with Crippen molar-refractivity contribution in [3.05, 3.63) is 23.9 Å². The predicted molar refractivity (Wildman–Crippen MR) is 57.8 cm³/mol. The summed E-state index contributed by atoms with van der Waals surface area (Å²) in [5.74, 6) is 0. The Hall–Kier alpha value is -0.540. The Bertz CT molecular complexity index is 271. The van der Waals surface area contributed by atoms with Crippen LogP contribution in [0.15, 0.2) is 23.4 Å². The number of pyridine rings is 1. The minimum absolute atomic E-state index is 0.0921. The van der Waals surface area contributed by atoms with Gasteiger partial charge in [-0.15, -0.1) is 11.8 Å². The normalized spacial score (nSPS) is 13.3. The molecule has 0 fully saturated rings. The molecule has 0 aliphatic heterocycles. The molecule has 0 amide bonds. The molecule has 0 aromatic carbocycles. The molecule has 0 saturated carbocycles. The van der Waals surface area contributed by atoms with Crippen LogP contribution in [0.5, 0.6) is 0 Å². The Morgan fingerprint density at radius 2 is 2.08 bits per heavy atom. The van der Waals surface area contributed by atoms with Gasteiger partial charge in [-0.1, -0.05) is 13.8 Å². The molecule has 0 aliphatic carbocycles. The molecule has 0 unspecified atom stereocenters. The highest BCUT2D eigenvalue weighted by molar-refractivity contribution is 7.99. The van der Waals surface area contributed by atoms with Crippen LogP contribution in [0.25, 0.3) is 0 Å². The first-order chi connectivity index (χ1) is 6.09. The summed E-state index contributed by atoms with van der Waals surface area (Å²) in [4.78, 5) is 4.27. The van der Waals surface area contributed by atoms with Crippen molar-refractivity contribution in [2.75, 3.05) is 0 Å². The lowest BCUT2D eigenvalue weighted by Gasteiger charge is -2.08. The van der Waals surface area contributed by atoms with E-state index in [1.807, 2.05) is 19.2 Å². The van der Waals surface area contributed by atoms with Crippen LogP contribution < -0.4 is 5.73 Å². The molecular weight excluding hydrogens is 180 g/mol. The molecule has 1 rings (SSSR count). The van der Waals surface area contributed by atoms with E-state index in [1.165, 1.54) is 0 Å². The van der Waals surface area contributed by atoms with Gasteiger partial charge in [0.1, 0.15) is 0 Å². The van der Waals surface area contributed by atoms with E-state index < -0.39 is 0 Å². The van der Waals surface area contributed by atoms with E-state index in [4.69, 9.17) is 5.73 Å². The monoisotopic (exact) mass is 196 g/mol. The summed E-state index contributed by atoms with van der Waals surface area (Å²) in [5.41, 5.74) is 6.93. The van der Waals surface area contributed by atoms with Crippen molar-refractivity contribution < 1.29 is 0 Å². The van der Waals surface area contributed by atoms with Gasteiger partial charge in [0.25, 0.3) is 0 Å². The Labute approximate surface area is 83.9 Å². The van der Waals surface area contributed by atoms with Crippen molar-refractivity contribution in [3.63, 3.8) is 0 Å². The van der Waals surface area contributed by atoms with Crippen LogP contribution in [-0.4, -0.2) is 10.2 Å². The Morgan fingerprint density at radius 1 is 1.38 bits per heavy atom. The first kappa shape index (κ1) is 10.5. The zero-order chi connectivity index (χ0) is 9.84. The smallest absolute Gasteiger partial charge is 0.0965 e. The van der Waals surface area contributed by atoms with E-state index in [1.54, 1.807) is 11.8 Å². The average Bonchev–Trinajstić information content (AvgIpc) is 2.03. The van der Waals surface area contributed by atoms with Gasteiger partial charge in [-0.2, -0.15) is 0 Å². The summed E-state index contributed by atoms with van der Waals surface area (Å²) in [6, 6.07) is 4.12. The molecule has 1 aromatic rings. The third kappa shape index (κ3) is 3.36. The highest BCUT2D eigenvalue weighted by atomic mass is 32.2. The summed E-state index contributed by atoms with van der Waals surface area (Å²) in [7, 11) is 0. The SMILES string of the molecule is CC(C)Sc1cc([C@@H](C)N)ccn1. The standard InChI is InChI=1S/C10H16N2S/c1-7(2)13-10-6-9(8(3)11)4-5-12-10/h4-8H,11H2,1-3H3/t8-/m1/s1. The van der Waals surface area contributed by atoms with Crippen molar-refractivity contribution in [2.45, 2.75) is 37.1 Å². The predicted octanol–water partition coefficient (Wildman–Crippen LogP) is 2.60. The minimum Gasteiger partial charge on any atom is -0.324 e. The van der Waals surface area contributed by atoms with Crippen LogP contribution in [0.1, 0.15) is 32.4 Å². The summed E-state index contributed by atoms with van der Waals surface area (Å²) >= 11 is 1.76. The van der Waals surface area contributed by atoms with Gasteiger partial charge in [0.15, 0.2) is 0 Å². The molecule has 1 heterocycles. The highest BCUT2D eigenvalue weighted by Crippen LogP contribution is 2.22. The van der Waals surface area contributed by atoms with Gasteiger partial charge in [-0.05, 0) is 24.6 Å². The number of thioether (sulfide) groups is 1. The van der Waals surface area contributed by atoms with Crippen LogP contribution in [0.4, 0.5) is 0 Å². The van der Waals surface area contributed by atoms with Crippen molar-refractivity contribution in [2.24, 2.45) is 5.73 Å². The number of hydrogen-bond donors (Lipinski definition) is 1. The third-order valence-corrected chi connectivity index (χ3v) is 2.58. The van der Waals surface area contributed by atoms with Crippen LogP contribution in [0.2, 0.25) is 0 Å². The van der Waals surface area contributed by atoms with Crippen LogP contribution in [0, 0.1) is 0 Å². The second kappa shape index (κ2) is 4.63. The Kier molecular flexibility index (Phi) is 3.75. The van der Waals surface area contributed by atoms with E-state index in [9.17, 15) is 0 Å². The lowest BCUT2D eigenvalue weighted by molar-refractivity contribution is 0.808. The van der Waals surface area contributed by atoms with Gasteiger partial charge in [0.2, 0.25) is 0 Å². The fraction of sp³-hybridized carbons (Fsp3) is 0.500. The van der Waals surface area contributed by atoms with E-state index in [2.05, 4.69) is 24.9 Å². The van der Waals surface area contributed by atoms with Gasteiger partial charge >= 0.3 is 0 Å². The molecule has 0 bridgehead atoms. The molecule has 2 nitrogen and oxygen atoms in total. The maximum absolute atomic E-state index is 5.78. The van der Waals surface area contributed by atoms with Gasteiger partial charge in [0.05, 0.1) is 5.03 Å². The van der Waals surface area contributed by atoms with Crippen molar-refractivity contribution in [3.8, 4) is 0 Å². The highest BCUT2D eigenvalue weighted by Gasteiger charge is 2.03. The summed E-state index contributed by atoms with van der Waals surface area (Å²) < 4.78 is 0. The van der Waals surface area contributed by atoms with Crippen LogP contribution in [-0.2, 0) is 0 Å². The van der Waals surface area contributed by atoms with Gasteiger partial charge in [-0.25, -0.2) is 4.98 Å². The van der Waals surface area contributed by atoms with Crippen molar-refractivity contribution in [1.29, 1.82) is 0 Å². The third-order valence-electron chi connectivity index (χ3n) is 1.64. The molecule has 13 heavy (non-hydrogen) atoms. The fourth-order valence-corrected chi connectivity index (χ4v) is 1.82. The summed E-state index contributed by atoms with van der Waals surface area (Å²) in [5, 5.41) is 1.63. The molecule has 3 heteroatoms. The second-order valence-electron chi connectivity index (χ2n) is 3.38. The van der Waals surface area contributed by atoms with E-state index >= 15 is 0 Å². The lowest BCUT2D eigenvalue weighted by atomic mass is 10.1. The van der Waals surface area contributed by atoms with E-state index in [0.717, 1.165) is 10.6 Å². The number of aromatic nitrogens is 1. The summed E-state index contributed by atoms with van der Waals surface area (Å²) in [6.07, 6.45) is 1.82. The number of nitrogens with two attached hydrogens (primary N) is 1. The van der Waals surface area contributed by atoms with Crippen molar-refractivity contribution >= 4 is 11.8 Å². The molecule has 2 N–H and O–H groups in total. The lowest BCUT2D eigenvalue weighted by Crippen LogP contribution is -2.05. The fourth-order valence-electron chi connectivity index (χ4n) is 1.01. The van der Waals surface area contributed by atoms with E-state index in [-0.39, 0.29) is 6.04 Å². The molecule has 1 atom stereocenters. The Morgan fingerprint density at radius 3 is 2.62 bits per heavy atom. The minimum atomic E-state index is 0.0921. The van der Waals surface area contributed by atoms with Crippen LogP contribution >= 0.6 is 11.8 Å². The second-order valence-corrected chi connectivity index (χ2v) is 4.98. The topological polar surface area (TPSA) is 38.9 Å². The first-order valence-electron chi connectivity index (χ1n) is 4.48. The molecular formula is C10H16N2S. The number of hydrogen-bond acceptors (Lipinski definition) is 3. The zero-order valence-electron chi connectivity index (χ0n) is 8.32. The maximum Gasteiger partial charge on any atom is 0.0965 e. The van der Waals surface area contributed by atoms with E-state index in [0.29, 0.717) is 5.25 Å². The number of rotatable bonds is 3. The quantitative estimate of drug-likeness (QED) is 0.755. The zero-order valence-corrected chi connectivity index (χ0v) is 9.14. The molecule has 72 valence electrons. The largest absolute Gasteiger partial charge is 0.324 e. The maximum atomic E-state index is 5.78. The molecule has 0 spiro atoms. The number of nitrogens with zero attached hydrogens (tertiary/aromatic N) is 1. The molecule has 0 radical (unpaired) electrons. The molecule has 0 saturated heterocycles. The van der Waals surface area contributed by atoms with Crippen LogP contribution in [0.3, 0.4) is 0 Å². The first-order valence-corrected chi connectivity index (χ1v) is 5.35. The summed E-state index contributed by atoms with van der Waals surface area (Å²) in [6.45, 7) is 6.30.